The largest absolute Gasteiger partial charge is 0.494 e. The van der Waals surface area contributed by atoms with E-state index in [1.165, 1.54) is 19.3 Å². The third kappa shape index (κ3) is 4.68. The van der Waals surface area contributed by atoms with E-state index in [1.54, 1.807) is 12.1 Å². The van der Waals surface area contributed by atoms with Crippen molar-refractivity contribution in [3.63, 3.8) is 0 Å². The molecule has 1 aromatic carbocycles. The average Bonchev–Trinajstić information content (AvgIpc) is 3.11. The molecule has 8 heteroatoms. The van der Waals surface area contributed by atoms with Crippen LogP contribution in [0.2, 0.25) is 0 Å². The molecule has 1 fully saturated rings. The molecule has 1 aliphatic carbocycles. The highest BCUT2D eigenvalue weighted by molar-refractivity contribution is 5.89. The first-order chi connectivity index (χ1) is 12.3. The molecule has 8 nitrogen and oxygen atoms in total. The van der Waals surface area contributed by atoms with Crippen LogP contribution in [0.1, 0.15) is 50.9 Å². The van der Waals surface area contributed by atoms with Gasteiger partial charge in [0, 0.05) is 5.69 Å². The zero-order valence-electron chi connectivity index (χ0n) is 14.4. The van der Waals surface area contributed by atoms with Crippen molar-refractivity contribution in [1.82, 2.24) is 25.5 Å². The summed E-state index contributed by atoms with van der Waals surface area (Å²) in [6.45, 7) is 2.84. The van der Waals surface area contributed by atoms with Crippen molar-refractivity contribution in [3.8, 4) is 5.75 Å². The van der Waals surface area contributed by atoms with Crippen LogP contribution in [0, 0.1) is 0 Å². The fourth-order valence-electron chi connectivity index (χ4n) is 3.07. The van der Waals surface area contributed by atoms with E-state index in [4.69, 9.17) is 4.74 Å². The number of urea groups is 1. The highest BCUT2D eigenvalue weighted by Crippen LogP contribution is 2.27. The zero-order valence-corrected chi connectivity index (χ0v) is 14.4. The summed E-state index contributed by atoms with van der Waals surface area (Å²) in [5.74, 6) is 1.47. The van der Waals surface area contributed by atoms with E-state index >= 15 is 0 Å². The predicted molar refractivity (Wildman–Crippen MR) is 93.4 cm³/mol. The fourth-order valence-corrected chi connectivity index (χ4v) is 3.07. The Labute approximate surface area is 146 Å². The Morgan fingerprint density at radius 3 is 2.72 bits per heavy atom. The van der Waals surface area contributed by atoms with Crippen molar-refractivity contribution in [2.24, 2.45) is 0 Å². The number of nitrogens with zero attached hydrogens (tertiary/aromatic N) is 4. The predicted octanol–water partition coefficient (Wildman–Crippen LogP) is 2.90. The van der Waals surface area contributed by atoms with Gasteiger partial charge in [-0.05, 0) is 54.5 Å². The Kier molecular flexibility index (Phi) is 5.81. The molecule has 1 saturated carbocycles. The van der Waals surface area contributed by atoms with Gasteiger partial charge in [0.15, 0.2) is 5.82 Å². The lowest BCUT2D eigenvalue weighted by Gasteiger charge is -2.22. The standard InChI is InChI=1S/C17H24N6O2/c1-2-25-15-10-8-13(9-11-15)19-17(24)18-12-16-20-21-22-23(16)14-6-4-3-5-7-14/h8-11,14H,2-7,12H2,1H3,(H2,18,19,24). The molecule has 0 bridgehead atoms. The van der Waals surface area contributed by atoms with Crippen LogP contribution < -0.4 is 15.4 Å². The normalized spacial score (nSPS) is 14.9. The van der Waals surface area contributed by atoms with Gasteiger partial charge in [0.1, 0.15) is 5.75 Å². The van der Waals surface area contributed by atoms with Crippen LogP contribution in [0.15, 0.2) is 24.3 Å². The van der Waals surface area contributed by atoms with E-state index < -0.39 is 0 Å². The van der Waals surface area contributed by atoms with Crippen molar-refractivity contribution in [2.75, 3.05) is 11.9 Å². The number of ether oxygens (including phenoxy) is 1. The van der Waals surface area contributed by atoms with Gasteiger partial charge in [-0.25, -0.2) is 9.48 Å². The van der Waals surface area contributed by atoms with Crippen molar-refractivity contribution in [2.45, 2.75) is 51.6 Å². The molecule has 2 aromatic rings. The summed E-state index contributed by atoms with van der Waals surface area (Å²) in [5, 5.41) is 17.5. The molecular formula is C17H24N6O2. The lowest BCUT2D eigenvalue weighted by atomic mass is 9.96. The number of carbonyl (C=O) groups is 1. The van der Waals surface area contributed by atoms with Crippen LogP contribution in [0.5, 0.6) is 5.75 Å². The molecule has 3 rings (SSSR count). The molecule has 1 heterocycles. The quantitative estimate of drug-likeness (QED) is 0.840. The number of carbonyl (C=O) groups excluding carboxylic acids is 1. The fraction of sp³-hybridized carbons (Fsp3) is 0.529. The number of anilines is 1. The van der Waals surface area contributed by atoms with Gasteiger partial charge < -0.3 is 15.4 Å². The van der Waals surface area contributed by atoms with Crippen LogP contribution in [-0.4, -0.2) is 32.8 Å². The maximum atomic E-state index is 12.1. The van der Waals surface area contributed by atoms with Crippen molar-refractivity contribution < 1.29 is 9.53 Å². The number of hydrogen-bond donors (Lipinski definition) is 2. The zero-order chi connectivity index (χ0) is 17.5. The number of aromatic nitrogens is 4. The molecule has 0 atom stereocenters. The van der Waals surface area contributed by atoms with Crippen LogP contribution in [0.3, 0.4) is 0 Å². The smallest absolute Gasteiger partial charge is 0.319 e. The third-order valence-corrected chi connectivity index (χ3v) is 4.31. The average molecular weight is 344 g/mol. The third-order valence-electron chi connectivity index (χ3n) is 4.31. The van der Waals surface area contributed by atoms with E-state index in [0.29, 0.717) is 30.7 Å². The second kappa shape index (κ2) is 8.46. The summed E-state index contributed by atoms with van der Waals surface area (Å²) >= 11 is 0. The van der Waals surface area contributed by atoms with Crippen molar-refractivity contribution in [3.05, 3.63) is 30.1 Å². The minimum atomic E-state index is -0.289. The lowest BCUT2D eigenvalue weighted by Crippen LogP contribution is -2.30. The lowest BCUT2D eigenvalue weighted by molar-refractivity contribution is 0.250. The molecule has 0 aliphatic heterocycles. The number of amides is 2. The van der Waals surface area contributed by atoms with E-state index in [9.17, 15) is 4.79 Å². The number of nitrogens with one attached hydrogen (secondary N) is 2. The molecule has 0 radical (unpaired) electrons. The van der Waals surface area contributed by atoms with Crippen molar-refractivity contribution in [1.29, 1.82) is 0 Å². The SMILES string of the molecule is CCOc1ccc(NC(=O)NCc2nnnn2C2CCCCC2)cc1. The molecule has 1 aliphatic rings. The molecule has 2 amide bonds. The second-order valence-electron chi connectivity index (χ2n) is 6.10. The van der Waals surface area contributed by atoms with Gasteiger partial charge in [-0.1, -0.05) is 19.3 Å². The van der Waals surface area contributed by atoms with Crippen LogP contribution in [0.4, 0.5) is 10.5 Å². The molecule has 1 aromatic heterocycles. The first kappa shape index (κ1) is 17.2. The van der Waals surface area contributed by atoms with E-state index in [-0.39, 0.29) is 6.03 Å². The van der Waals surface area contributed by atoms with Crippen LogP contribution >= 0.6 is 0 Å². The summed E-state index contributed by atoms with van der Waals surface area (Å²) in [5.41, 5.74) is 0.702. The number of hydrogen-bond acceptors (Lipinski definition) is 5. The van der Waals surface area contributed by atoms with E-state index in [2.05, 4.69) is 26.2 Å². The van der Waals surface area contributed by atoms with Gasteiger partial charge in [-0.2, -0.15) is 0 Å². The Bertz CT molecular complexity index is 679. The highest BCUT2D eigenvalue weighted by Gasteiger charge is 2.20. The van der Waals surface area contributed by atoms with E-state index in [0.717, 1.165) is 18.6 Å². The van der Waals surface area contributed by atoms with E-state index in [1.807, 2.05) is 23.7 Å². The first-order valence-corrected chi connectivity index (χ1v) is 8.80. The Hall–Kier alpha value is -2.64. The summed E-state index contributed by atoms with van der Waals surface area (Å²) in [7, 11) is 0. The molecule has 0 unspecified atom stereocenters. The Balaban J connectivity index is 1.51. The molecular weight excluding hydrogens is 320 g/mol. The summed E-state index contributed by atoms with van der Waals surface area (Å²) in [4.78, 5) is 12.1. The summed E-state index contributed by atoms with van der Waals surface area (Å²) < 4.78 is 7.24. The second-order valence-corrected chi connectivity index (χ2v) is 6.10. The molecule has 0 spiro atoms. The summed E-state index contributed by atoms with van der Waals surface area (Å²) in [6, 6.07) is 7.30. The maximum Gasteiger partial charge on any atom is 0.319 e. The van der Waals surface area contributed by atoms with Gasteiger partial charge in [-0.3, -0.25) is 0 Å². The molecule has 134 valence electrons. The van der Waals surface area contributed by atoms with Gasteiger partial charge in [0.2, 0.25) is 0 Å². The minimum Gasteiger partial charge on any atom is -0.494 e. The van der Waals surface area contributed by atoms with Gasteiger partial charge in [-0.15, -0.1) is 5.10 Å². The number of benzene rings is 1. The van der Waals surface area contributed by atoms with Crippen LogP contribution in [0.25, 0.3) is 0 Å². The van der Waals surface area contributed by atoms with Crippen molar-refractivity contribution >= 4 is 11.7 Å². The maximum absolute atomic E-state index is 12.1. The summed E-state index contributed by atoms with van der Waals surface area (Å²) in [6.07, 6.45) is 5.87. The Morgan fingerprint density at radius 1 is 1.24 bits per heavy atom. The number of rotatable bonds is 6. The number of tetrazole rings is 1. The monoisotopic (exact) mass is 344 g/mol. The minimum absolute atomic E-state index is 0.289. The van der Waals surface area contributed by atoms with Crippen LogP contribution in [-0.2, 0) is 6.54 Å². The molecule has 25 heavy (non-hydrogen) atoms. The molecule has 0 saturated heterocycles. The highest BCUT2D eigenvalue weighted by atomic mass is 16.5. The van der Waals surface area contributed by atoms with Gasteiger partial charge >= 0.3 is 6.03 Å². The molecule has 2 N–H and O–H groups in total. The van der Waals surface area contributed by atoms with Gasteiger partial charge in [0.05, 0.1) is 19.2 Å². The topological polar surface area (TPSA) is 94.0 Å². The first-order valence-electron chi connectivity index (χ1n) is 8.80. The Morgan fingerprint density at radius 2 is 2.00 bits per heavy atom. The van der Waals surface area contributed by atoms with Gasteiger partial charge in [0.25, 0.3) is 0 Å².